The number of sulfonamides is 1. The zero-order valence-electron chi connectivity index (χ0n) is 13.2. The van der Waals surface area contributed by atoms with Crippen molar-refractivity contribution < 1.29 is 21.6 Å². The highest BCUT2D eigenvalue weighted by atomic mass is 32.2. The molecule has 2 aromatic rings. The molecule has 0 radical (unpaired) electrons. The Balaban J connectivity index is 2.00. The molecular formula is C16H16F3N3O2S. The summed E-state index contributed by atoms with van der Waals surface area (Å²) in [5.74, 6) is 0.241. The van der Waals surface area contributed by atoms with Gasteiger partial charge in [-0.25, -0.2) is 8.42 Å². The number of hydrogen-bond acceptors (Lipinski definition) is 4. The predicted molar refractivity (Wildman–Crippen MR) is 88.5 cm³/mol. The number of anilines is 1. The molecule has 25 heavy (non-hydrogen) atoms. The Morgan fingerprint density at radius 1 is 1.24 bits per heavy atom. The van der Waals surface area contributed by atoms with Crippen molar-refractivity contribution in [1.29, 1.82) is 0 Å². The van der Waals surface area contributed by atoms with Gasteiger partial charge in [0.25, 0.3) is 0 Å². The van der Waals surface area contributed by atoms with Crippen molar-refractivity contribution >= 4 is 15.7 Å². The molecular weight excluding hydrogens is 355 g/mol. The highest BCUT2D eigenvalue weighted by Gasteiger charge is 2.35. The molecule has 5 nitrogen and oxygen atoms in total. The van der Waals surface area contributed by atoms with Crippen molar-refractivity contribution in [2.45, 2.75) is 24.6 Å². The fourth-order valence-electron chi connectivity index (χ4n) is 2.61. The Kier molecular flexibility index (Phi) is 4.24. The van der Waals surface area contributed by atoms with Crippen LogP contribution in [0.1, 0.15) is 23.5 Å². The van der Waals surface area contributed by atoms with E-state index in [-0.39, 0.29) is 23.2 Å². The van der Waals surface area contributed by atoms with Crippen LogP contribution < -0.4 is 10.5 Å². The van der Waals surface area contributed by atoms with Gasteiger partial charge >= 0.3 is 6.18 Å². The van der Waals surface area contributed by atoms with E-state index in [2.05, 4.69) is 9.71 Å². The zero-order valence-corrected chi connectivity index (χ0v) is 14.0. The second-order valence-electron chi connectivity index (χ2n) is 6.15. The van der Waals surface area contributed by atoms with Gasteiger partial charge in [0.1, 0.15) is 0 Å². The van der Waals surface area contributed by atoms with E-state index in [1.165, 1.54) is 6.07 Å². The molecule has 0 bridgehead atoms. The lowest BCUT2D eigenvalue weighted by Gasteiger charge is -2.13. The first-order chi connectivity index (χ1) is 11.5. The molecule has 0 saturated heterocycles. The van der Waals surface area contributed by atoms with Crippen molar-refractivity contribution in [3.05, 3.63) is 47.7 Å². The molecule has 1 saturated carbocycles. The minimum atomic E-state index is -4.61. The van der Waals surface area contributed by atoms with E-state index >= 15 is 0 Å². The van der Waals surface area contributed by atoms with Gasteiger partial charge in [-0.3, -0.25) is 9.71 Å². The summed E-state index contributed by atoms with van der Waals surface area (Å²) < 4.78 is 64.1. The number of alkyl halides is 3. The summed E-state index contributed by atoms with van der Waals surface area (Å²) in [5.41, 5.74) is 6.10. The number of aromatic nitrogens is 1. The van der Waals surface area contributed by atoms with Crippen molar-refractivity contribution in [2.75, 3.05) is 11.0 Å². The molecule has 1 aromatic heterocycles. The molecule has 1 aromatic carbocycles. The molecule has 3 N–H and O–H groups in total. The van der Waals surface area contributed by atoms with Crippen LogP contribution in [0.25, 0.3) is 11.3 Å². The third kappa shape index (κ3) is 4.29. The number of pyridine rings is 1. The monoisotopic (exact) mass is 371 g/mol. The van der Waals surface area contributed by atoms with E-state index in [9.17, 15) is 21.6 Å². The lowest BCUT2D eigenvalue weighted by Crippen LogP contribution is -2.12. The van der Waals surface area contributed by atoms with Gasteiger partial charge in [0.15, 0.2) is 0 Å². The summed E-state index contributed by atoms with van der Waals surface area (Å²) in [6.45, 7) is 0. The number of hydrogen-bond donors (Lipinski definition) is 2. The fraction of sp³-hybridized carbons (Fsp3) is 0.312. The molecule has 0 aliphatic heterocycles. The van der Waals surface area contributed by atoms with Crippen molar-refractivity contribution in [1.82, 2.24) is 4.98 Å². The van der Waals surface area contributed by atoms with Gasteiger partial charge < -0.3 is 5.73 Å². The van der Waals surface area contributed by atoms with Crippen LogP contribution >= 0.6 is 0 Å². The second-order valence-corrected chi connectivity index (χ2v) is 7.90. The van der Waals surface area contributed by atoms with Gasteiger partial charge in [0.05, 0.1) is 17.5 Å². The lowest BCUT2D eigenvalue weighted by molar-refractivity contribution is -0.137. The SMILES string of the molecule is CS(=O)(=O)Nc1cc(-c2ccc(C3CC3N)cn2)cc(C(F)(F)F)c1. The number of benzene rings is 1. The van der Waals surface area contributed by atoms with E-state index in [1.54, 1.807) is 18.3 Å². The Hall–Kier alpha value is -2.13. The van der Waals surface area contributed by atoms with E-state index in [0.717, 1.165) is 30.4 Å². The minimum absolute atomic E-state index is 0.103. The van der Waals surface area contributed by atoms with E-state index in [4.69, 9.17) is 5.73 Å². The van der Waals surface area contributed by atoms with Gasteiger partial charge in [-0.2, -0.15) is 13.2 Å². The summed E-state index contributed by atoms with van der Waals surface area (Å²) in [6.07, 6.45) is -1.27. The molecule has 2 unspecified atom stereocenters. The highest BCUT2D eigenvalue weighted by Crippen LogP contribution is 2.39. The molecule has 1 aliphatic carbocycles. The largest absolute Gasteiger partial charge is 0.416 e. The van der Waals surface area contributed by atoms with Gasteiger partial charge in [0.2, 0.25) is 10.0 Å². The zero-order chi connectivity index (χ0) is 18.4. The van der Waals surface area contributed by atoms with Crippen molar-refractivity contribution in [3.8, 4) is 11.3 Å². The Labute approximate surface area is 143 Å². The van der Waals surface area contributed by atoms with Crippen molar-refractivity contribution in [3.63, 3.8) is 0 Å². The van der Waals surface area contributed by atoms with Crippen LogP contribution in [-0.4, -0.2) is 25.7 Å². The van der Waals surface area contributed by atoms with Crippen LogP contribution in [0.3, 0.4) is 0 Å². The summed E-state index contributed by atoms with van der Waals surface area (Å²) in [4.78, 5) is 4.21. The molecule has 3 rings (SSSR count). The first-order valence-corrected chi connectivity index (χ1v) is 9.34. The van der Waals surface area contributed by atoms with E-state index < -0.39 is 21.8 Å². The average Bonchev–Trinajstić information content (AvgIpc) is 3.21. The van der Waals surface area contributed by atoms with Gasteiger partial charge in [0, 0.05) is 29.4 Å². The smallest absolute Gasteiger partial charge is 0.327 e. The second kappa shape index (κ2) is 5.99. The number of nitrogens with one attached hydrogen (secondary N) is 1. The van der Waals surface area contributed by atoms with Crippen molar-refractivity contribution in [2.24, 2.45) is 5.73 Å². The summed E-state index contributed by atoms with van der Waals surface area (Å²) in [6, 6.07) is 6.51. The maximum absolute atomic E-state index is 13.1. The van der Waals surface area contributed by atoms with Crippen LogP contribution in [-0.2, 0) is 16.2 Å². The molecule has 134 valence electrons. The first-order valence-electron chi connectivity index (χ1n) is 7.45. The summed E-state index contributed by atoms with van der Waals surface area (Å²) in [5, 5.41) is 0. The highest BCUT2D eigenvalue weighted by molar-refractivity contribution is 7.92. The van der Waals surface area contributed by atoms with Crippen LogP contribution in [0.5, 0.6) is 0 Å². The first kappa shape index (κ1) is 17.7. The van der Waals surface area contributed by atoms with Crippen LogP contribution in [0, 0.1) is 0 Å². The summed E-state index contributed by atoms with van der Waals surface area (Å²) >= 11 is 0. The van der Waals surface area contributed by atoms with E-state index in [1.807, 2.05) is 0 Å². The fourth-order valence-corrected chi connectivity index (χ4v) is 3.15. The quantitative estimate of drug-likeness (QED) is 0.865. The standard InChI is InChI=1S/C16H16F3N3O2S/c1-25(23,24)22-12-5-10(4-11(6-12)16(17,18)19)15-3-2-9(8-21-15)13-7-14(13)20/h2-6,8,13-14,22H,7,20H2,1H3. The maximum Gasteiger partial charge on any atom is 0.416 e. The lowest BCUT2D eigenvalue weighted by atomic mass is 10.0. The van der Waals surface area contributed by atoms with Crippen LogP contribution in [0.4, 0.5) is 18.9 Å². The molecule has 9 heteroatoms. The molecule has 2 atom stereocenters. The Morgan fingerprint density at radius 2 is 1.92 bits per heavy atom. The van der Waals surface area contributed by atoms with Gasteiger partial charge in [-0.1, -0.05) is 6.07 Å². The third-order valence-electron chi connectivity index (χ3n) is 3.91. The van der Waals surface area contributed by atoms with Crippen LogP contribution in [0.2, 0.25) is 0 Å². The van der Waals surface area contributed by atoms with Crippen LogP contribution in [0.15, 0.2) is 36.5 Å². The average molecular weight is 371 g/mol. The molecule has 0 amide bonds. The Morgan fingerprint density at radius 3 is 2.40 bits per heavy atom. The Bertz CT molecular complexity index is 896. The summed E-state index contributed by atoms with van der Waals surface area (Å²) in [7, 11) is -3.71. The number of nitrogens with two attached hydrogens (primary N) is 1. The van der Waals surface area contributed by atoms with Gasteiger partial charge in [-0.05, 0) is 36.2 Å². The third-order valence-corrected chi connectivity index (χ3v) is 4.52. The normalized spacial score (nSPS) is 20.4. The number of halogens is 3. The maximum atomic E-state index is 13.1. The van der Waals surface area contributed by atoms with Gasteiger partial charge in [-0.15, -0.1) is 0 Å². The minimum Gasteiger partial charge on any atom is -0.327 e. The molecule has 1 heterocycles. The number of nitrogens with zero attached hydrogens (tertiary/aromatic N) is 1. The molecule has 0 spiro atoms. The topological polar surface area (TPSA) is 85.1 Å². The molecule has 1 fully saturated rings. The van der Waals surface area contributed by atoms with E-state index in [0.29, 0.717) is 5.69 Å². The predicted octanol–water partition coefficient (Wildman–Crippen LogP) is 2.95. The molecule has 1 aliphatic rings. The number of rotatable bonds is 4.